The monoisotopic (exact) mass is 1530 g/mol. The quantitative estimate of drug-likeness (QED) is 0.0650. The van der Waals surface area contributed by atoms with Crippen molar-refractivity contribution in [3.8, 4) is 44.5 Å². The van der Waals surface area contributed by atoms with Crippen LogP contribution in [0.5, 0.6) is 0 Å². The number of aromatic nitrogens is 12. The predicted octanol–water partition coefficient (Wildman–Crippen LogP) is 16.4. The molecule has 538 valence electrons. The summed E-state index contributed by atoms with van der Waals surface area (Å²) in [6.07, 6.45) is 40.9. The minimum atomic E-state index is -3.77. The molecule has 0 atom stereocenters. The van der Waals surface area contributed by atoms with Crippen LogP contribution in [-0.4, -0.2) is 89.8 Å². The van der Waals surface area contributed by atoms with Crippen LogP contribution in [0.25, 0.3) is 77.6 Å². The molecule has 1 fully saturated rings. The molecule has 3 aliphatic carbocycles. The largest absolute Gasteiger partial charge is 1.00 e. The van der Waals surface area contributed by atoms with Crippen molar-refractivity contribution >= 4 is 82.3 Å². The molecule has 13 aromatic rings. The van der Waals surface area contributed by atoms with Crippen molar-refractivity contribution in [3.63, 3.8) is 0 Å². The van der Waals surface area contributed by atoms with Crippen LogP contribution in [0, 0.1) is 0 Å². The molecular formula is C83H91BrN12NaO5PS2. The number of halogens is 1. The Morgan fingerprint density at radius 1 is 0.486 bits per heavy atom. The molecule has 3 aliphatic rings. The average molecular weight is 1530 g/mol. The number of rotatable bonds is 13. The Bertz CT molecular complexity index is 5430. The van der Waals surface area contributed by atoms with Gasteiger partial charge in [-0.05, 0) is 173 Å². The number of H-pyrrole nitrogens is 1. The molecular weight excluding hydrogens is 1440 g/mol. The summed E-state index contributed by atoms with van der Waals surface area (Å²) in [6.45, 7) is 18.1. The van der Waals surface area contributed by atoms with Gasteiger partial charge in [0.15, 0.2) is 11.3 Å². The Labute approximate surface area is 649 Å². The second-order valence-electron chi connectivity index (χ2n) is 28.6. The molecule has 105 heavy (non-hydrogen) atoms. The number of allylic oxidation sites excluding steroid dienone is 5. The number of hydrogen-bond acceptors (Lipinski definition) is 11. The summed E-state index contributed by atoms with van der Waals surface area (Å²) < 4.78 is 61.4. The predicted molar refractivity (Wildman–Crippen MR) is 427 cm³/mol. The van der Waals surface area contributed by atoms with E-state index in [1.165, 1.54) is 103 Å². The van der Waals surface area contributed by atoms with Gasteiger partial charge in [0.1, 0.15) is 5.65 Å². The molecule has 0 amide bonds. The summed E-state index contributed by atoms with van der Waals surface area (Å²) in [5.41, 5.74) is 16.9. The van der Waals surface area contributed by atoms with Gasteiger partial charge in [-0.3, -0.25) is 14.0 Å². The van der Waals surface area contributed by atoms with Crippen molar-refractivity contribution < 1.29 is 51.9 Å². The van der Waals surface area contributed by atoms with Gasteiger partial charge in [-0.15, -0.1) is 0 Å². The van der Waals surface area contributed by atoms with E-state index in [0.717, 1.165) is 80.0 Å². The second kappa shape index (κ2) is 34.4. The molecule has 17 nitrogen and oxygen atoms in total. The van der Waals surface area contributed by atoms with Gasteiger partial charge >= 0.3 is 29.6 Å². The number of nitrogens with one attached hydrogen (secondary N) is 1. The minimum absolute atomic E-state index is 0. The summed E-state index contributed by atoms with van der Waals surface area (Å²) in [7, 11) is -2.19. The average Bonchev–Trinajstić information content (AvgIpc) is 1.61. The normalized spacial score (nSPS) is 13.7. The van der Waals surface area contributed by atoms with Gasteiger partial charge in [-0.1, -0.05) is 176 Å². The number of hydrogen-bond donors (Lipinski definition) is 1. The van der Waals surface area contributed by atoms with Gasteiger partial charge in [0, 0.05) is 131 Å². The van der Waals surface area contributed by atoms with E-state index >= 15 is 0 Å². The van der Waals surface area contributed by atoms with Crippen molar-refractivity contribution in [2.45, 2.75) is 139 Å². The zero-order chi connectivity index (χ0) is 72.6. The first kappa shape index (κ1) is 79.1. The van der Waals surface area contributed by atoms with E-state index in [2.05, 4.69) is 178 Å². The summed E-state index contributed by atoms with van der Waals surface area (Å²) in [5, 5.41) is 17.5. The summed E-state index contributed by atoms with van der Waals surface area (Å²) in [6, 6.07) is 42.7. The van der Waals surface area contributed by atoms with Crippen molar-refractivity contribution in [2.24, 2.45) is 21.1 Å². The van der Waals surface area contributed by atoms with E-state index in [-0.39, 0.29) is 52.7 Å². The van der Waals surface area contributed by atoms with Crippen LogP contribution in [-0.2, 0) is 54.0 Å². The maximum atomic E-state index is 13.4. The molecule has 0 saturated heterocycles. The SMILES string of the molecule is C=C1CCCC1.CC(C)(C)P(c1ccccc1-c1ccccc1)C(C)(C)C.Cn1cc(-c2c[nH]c3ncc(CC4=CCCC4)cc23)cn1.Cn1cc(-c2cn(S(=O)(=O)c3ccccc3)c3ncc(Br)cc23)cn1.Cn1cc(-c2cn(S(=O)(=O)c3ccccc3)c3ncc(CC4=CCCC4)cc23)cn1.[Na+].[OH-]. The van der Waals surface area contributed by atoms with Crippen LogP contribution in [0.15, 0.2) is 258 Å². The van der Waals surface area contributed by atoms with E-state index in [1.54, 1.807) is 113 Å². The topological polar surface area (TPSA) is 216 Å². The van der Waals surface area contributed by atoms with Crippen LogP contribution >= 0.6 is 23.9 Å². The Kier molecular flexibility index (Phi) is 25.9. The van der Waals surface area contributed by atoms with Gasteiger partial charge < -0.3 is 10.5 Å². The molecule has 22 heteroatoms. The third-order valence-corrected chi connectivity index (χ3v) is 25.8. The zero-order valence-electron chi connectivity index (χ0n) is 61.6. The summed E-state index contributed by atoms with van der Waals surface area (Å²) in [4.78, 5) is 17.2. The second-order valence-corrected chi connectivity index (χ2v) is 37.0. The molecule has 0 radical (unpaired) electrons. The van der Waals surface area contributed by atoms with E-state index < -0.39 is 20.0 Å². The number of aromatic amines is 1. The fraction of sp³-hybridized carbons (Fsp3) is 0.277. The van der Waals surface area contributed by atoms with Gasteiger partial charge in [0.05, 0.1) is 28.4 Å². The number of pyridine rings is 3. The van der Waals surface area contributed by atoms with E-state index in [0.29, 0.717) is 21.6 Å². The molecule has 16 rings (SSSR count). The first-order valence-corrected chi connectivity index (χ1v) is 40.1. The number of benzene rings is 4. The first-order chi connectivity index (χ1) is 49.4. The molecule has 0 spiro atoms. The molecule has 4 aromatic carbocycles. The molecule has 0 unspecified atom stereocenters. The van der Waals surface area contributed by atoms with Gasteiger partial charge in [0.2, 0.25) is 0 Å². The maximum Gasteiger partial charge on any atom is 1.00 e. The van der Waals surface area contributed by atoms with Crippen LogP contribution in [0.3, 0.4) is 0 Å². The molecule has 9 heterocycles. The van der Waals surface area contributed by atoms with Crippen molar-refractivity contribution in [1.82, 2.24) is 57.2 Å². The number of fused-ring (bicyclic) bond motifs is 3. The van der Waals surface area contributed by atoms with E-state index in [4.69, 9.17) is 0 Å². The van der Waals surface area contributed by atoms with Gasteiger partial charge in [0.25, 0.3) is 20.0 Å². The Hall–Kier alpha value is -8.43. The third kappa shape index (κ3) is 18.9. The van der Waals surface area contributed by atoms with Crippen LogP contribution in [0.2, 0.25) is 0 Å². The standard InChI is InChI=1S/C23H22N4O2S.C20H27P.C17H13BrN4O2S.C17H18N4.C6H10.Na.H2O/c1-26-15-19(14-25-26)22-16-27(30(28,29)20-9-3-2-4-10-20)23-21(22)12-18(13-24-23)11-17-7-5-6-8-17;1-19(2,3)21(20(4,5)6)18-15-11-10-14-17(18)16-12-8-7-9-13-16;1-21-10-12(8-20-21)16-11-22(17-15(16)7-13(18)9-19-17)25(23,24)14-5-3-2-4-6-14;1-21-11-14(9-20-21)16-10-19-17-15(16)7-13(8-18-17)6-12-4-2-3-5-12;1-6-4-2-3-5-6;;/h2-4,7,9-10,12-16H,5-6,8,11H2,1H3;7-15H,1-6H3;2-11H,1H3;4,7-11H,2-3,5-6H2,1H3,(H,18,19);1-5H2;;1H2/q;;;;;+1;/p-1. The Morgan fingerprint density at radius 2 is 0.914 bits per heavy atom. The van der Waals surface area contributed by atoms with Crippen LogP contribution in [0.1, 0.15) is 117 Å². The van der Waals surface area contributed by atoms with Crippen molar-refractivity contribution in [1.29, 1.82) is 0 Å². The van der Waals surface area contributed by atoms with E-state index in [1.807, 2.05) is 69.1 Å². The van der Waals surface area contributed by atoms with Gasteiger partial charge in [-0.25, -0.2) is 39.7 Å². The summed E-state index contributed by atoms with van der Waals surface area (Å²) >= 11 is 3.41. The minimum Gasteiger partial charge on any atom is -0.870 e. The maximum absolute atomic E-state index is 13.4. The fourth-order valence-corrected chi connectivity index (χ4v) is 21.2. The first-order valence-electron chi connectivity index (χ1n) is 35.1. The Morgan fingerprint density at radius 3 is 1.35 bits per heavy atom. The number of aryl methyl sites for hydroxylation is 3. The smallest absolute Gasteiger partial charge is 0.870 e. The number of nitrogens with zero attached hydrogens (tertiary/aromatic N) is 11. The fourth-order valence-electron chi connectivity index (χ4n) is 14.0. The summed E-state index contributed by atoms with van der Waals surface area (Å²) in [5.74, 6) is 0. The van der Waals surface area contributed by atoms with Crippen molar-refractivity contribution in [3.05, 3.63) is 259 Å². The molecule has 1 saturated carbocycles. The van der Waals surface area contributed by atoms with Gasteiger partial charge in [-0.2, -0.15) is 15.3 Å². The molecule has 9 aromatic heterocycles. The molecule has 0 aliphatic heterocycles. The Balaban J connectivity index is 0.000000146. The van der Waals surface area contributed by atoms with Crippen LogP contribution < -0.4 is 34.9 Å². The zero-order valence-corrected chi connectivity index (χ0v) is 67.7. The van der Waals surface area contributed by atoms with Crippen LogP contribution in [0.4, 0.5) is 0 Å². The molecule has 2 N–H and O–H groups in total. The molecule has 0 bridgehead atoms. The van der Waals surface area contributed by atoms with E-state index in [9.17, 15) is 16.8 Å². The third-order valence-electron chi connectivity index (χ3n) is 18.5. The van der Waals surface area contributed by atoms with Crippen molar-refractivity contribution in [2.75, 3.05) is 0 Å².